The number of nitrogens with zero attached hydrogens (tertiary/aromatic N) is 5. The summed E-state index contributed by atoms with van der Waals surface area (Å²) >= 11 is 0. The normalized spacial score (nSPS) is 17.3. The minimum atomic E-state index is -4.61. The van der Waals surface area contributed by atoms with Crippen molar-refractivity contribution in [2.75, 3.05) is 18.5 Å². The minimum absolute atomic E-state index is 0.0384. The average molecular weight is 409 g/mol. The highest BCUT2D eigenvalue weighted by atomic mass is 19.4. The van der Waals surface area contributed by atoms with E-state index in [-0.39, 0.29) is 18.5 Å². The monoisotopic (exact) mass is 409 g/mol. The number of ether oxygens (including phenoxy) is 1. The number of nitrogens with one attached hydrogen (secondary N) is 1. The standard InChI is InChI=1S/C18H22F3N7O/c1-3-29-16-13(18(19,20)21)10-25-17(27-16)26-14(8-22)11(2)24-9-12-4-6-28-7-5-23-15(12)28/h5,7-8,10,12H,3-4,6,9,22H2,1-2H3,(H,25,26,27)/b14-8+,24-11-/t12-/m1/s1. The number of nitrogens with two attached hydrogens (primary N) is 1. The highest BCUT2D eigenvalue weighted by Gasteiger charge is 2.36. The number of halogens is 3. The highest BCUT2D eigenvalue weighted by molar-refractivity contribution is 6.00. The van der Waals surface area contributed by atoms with Gasteiger partial charge in [0.2, 0.25) is 11.8 Å². The molecule has 0 fully saturated rings. The van der Waals surface area contributed by atoms with Gasteiger partial charge in [-0.15, -0.1) is 0 Å². The Kier molecular flexibility index (Phi) is 6.04. The zero-order valence-corrected chi connectivity index (χ0v) is 16.1. The number of aryl methyl sites for hydroxylation is 1. The van der Waals surface area contributed by atoms with E-state index >= 15 is 0 Å². The Morgan fingerprint density at radius 2 is 2.24 bits per heavy atom. The molecule has 0 saturated heterocycles. The number of anilines is 1. The number of fused-ring (bicyclic) bond motifs is 1. The summed E-state index contributed by atoms with van der Waals surface area (Å²) in [4.78, 5) is 16.5. The van der Waals surface area contributed by atoms with Crippen LogP contribution >= 0.6 is 0 Å². The molecule has 0 aromatic carbocycles. The number of allylic oxidation sites excluding steroid dienone is 1. The van der Waals surface area contributed by atoms with Gasteiger partial charge in [-0.25, -0.2) is 9.97 Å². The van der Waals surface area contributed by atoms with Crippen molar-refractivity contribution in [1.82, 2.24) is 19.5 Å². The van der Waals surface area contributed by atoms with Gasteiger partial charge in [-0.2, -0.15) is 18.2 Å². The maximum Gasteiger partial charge on any atom is 0.423 e. The molecule has 0 unspecified atom stereocenters. The molecule has 8 nitrogen and oxygen atoms in total. The second-order valence-corrected chi connectivity index (χ2v) is 6.44. The molecule has 3 heterocycles. The first kappa shape index (κ1) is 20.6. The van der Waals surface area contributed by atoms with E-state index in [1.165, 1.54) is 6.20 Å². The smallest absolute Gasteiger partial charge is 0.423 e. The third-order valence-corrected chi connectivity index (χ3v) is 4.52. The molecule has 1 aliphatic rings. The van der Waals surface area contributed by atoms with E-state index in [9.17, 15) is 13.2 Å². The molecular weight excluding hydrogens is 387 g/mol. The number of alkyl halides is 3. The van der Waals surface area contributed by atoms with E-state index in [2.05, 4.69) is 29.8 Å². The molecular formula is C18H22F3N7O. The van der Waals surface area contributed by atoms with E-state index in [0.29, 0.717) is 24.2 Å². The Morgan fingerprint density at radius 3 is 2.93 bits per heavy atom. The van der Waals surface area contributed by atoms with Crippen LogP contribution in [0.2, 0.25) is 0 Å². The molecule has 0 bridgehead atoms. The lowest BCUT2D eigenvalue weighted by Crippen LogP contribution is -2.16. The molecule has 0 spiro atoms. The van der Waals surface area contributed by atoms with Gasteiger partial charge in [0.25, 0.3) is 0 Å². The number of aliphatic imine (C=N–C) groups is 1. The molecule has 0 amide bonds. The average Bonchev–Trinajstić information content (AvgIpc) is 3.28. The van der Waals surface area contributed by atoms with Crippen LogP contribution in [0.15, 0.2) is 35.5 Å². The molecule has 1 atom stereocenters. The summed E-state index contributed by atoms with van der Waals surface area (Å²) < 4.78 is 46.3. The number of aromatic nitrogens is 4. The van der Waals surface area contributed by atoms with Gasteiger partial charge in [0.1, 0.15) is 11.4 Å². The summed E-state index contributed by atoms with van der Waals surface area (Å²) in [7, 11) is 0. The zero-order valence-electron chi connectivity index (χ0n) is 16.1. The predicted octanol–water partition coefficient (Wildman–Crippen LogP) is 2.95. The van der Waals surface area contributed by atoms with Gasteiger partial charge in [-0.3, -0.25) is 4.99 Å². The van der Waals surface area contributed by atoms with Crippen LogP contribution in [0.4, 0.5) is 19.1 Å². The van der Waals surface area contributed by atoms with Gasteiger partial charge >= 0.3 is 6.18 Å². The molecule has 0 saturated carbocycles. The van der Waals surface area contributed by atoms with Crippen LogP contribution in [-0.4, -0.2) is 38.4 Å². The molecule has 2 aromatic heterocycles. The molecule has 3 rings (SSSR count). The Morgan fingerprint density at radius 1 is 1.45 bits per heavy atom. The largest absolute Gasteiger partial charge is 0.477 e. The maximum absolute atomic E-state index is 13.1. The van der Waals surface area contributed by atoms with Crippen molar-refractivity contribution in [3.8, 4) is 5.88 Å². The third-order valence-electron chi connectivity index (χ3n) is 4.52. The fraction of sp³-hybridized carbons (Fsp3) is 0.444. The van der Waals surface area contributed by atoms with Crippen molar-refractivity contribution >= 4 is 11.7 Å². The first-order valence-corrected chi connectivity index (χ1v) is 9.11. The molecule has 3 N–H and O–H groups in total. The summed E-state index contributed by atoms with van der Waals surface area (Å²) in [5.41, 5.74) is 5.61. The summed E-state index contributed by atoms with van der Waals surface area (Å²) in [6, 6.07) is 0. The van der Waals surface area contributed by atoms with E-state index in [1.54, 1.807) is 20.0 Å². The van der Waals surface area contributed by atoms with Gasteiger partial charge in [0.15, 0.2) is 0 Å². The first-order valence-electron chi connectivity index (χ1n) is 9.11. The van der Waals surface area contributed by atoms with Crippen LogP contribution in [0, 0.1) is 0 Å². The lowest BCUT2D eigenvalue weighted by molar-refractivity contribution is -0.139. The molecule has 29 heavy (non-hydrogen) atoms. The lowest BCUT2D eigenvalue weighted by atomic mass is 10.1. The van der Waals surface area contributed by atoms with Crippen molar-refractivity contribution in [3.63, 3.8) is 0 Å². The quantitative estimate of drug-likeness (QED) is 0.682. The lowest BCUT2D eigenvalue weighted by Gasteiger charge is -2.14. The van der Waals surface area contributed by atoms with Crippen molar-refractivity contribution in [2.45, 2.75) is 38.9 Å². The zero-order chi connectivity index (χ0) is 21.0. The van der Waals surface area contributed by atoms with Crippen molar-refractivity contribution in [2.24, 2.45) is 10.7 Å². The van der Waals surface area contributed by atoms with Crippen molar-refractivity contribution < 1.29 is 17.9 Å². The van der Waals surface area contributed by atoms with E-state index < -0.39 is 17.6 Å². The summed E-state index contributed by atoms with van der Waals surface area (Å²) in [6.45, 7) is 4.80. The van der Waals surface area contributed by atoms with Gasteiger partial charge in [0, 0.05) is 43.8 Å². The Balaban J connectivity index is 1.73. The molecule has 11 heteroatoms. The van der Waals surface area contributed by atoms with Crippen LogP contribution < -0.4 is 15.8 Å². The SMILES string of the molecule is CCOc1nc(NC(=C/N)/C(C)=N\C[C@H]2CCn3ccnc32)ncc1C(F)(F)F. The van der Waals surface area contributed by atoms with E-state index in [4.69, 9.17) is 10.5 Å². The summed E-state index contributed by atoms with van der Waals surface area (Å²) in [6.07, 6.45) is 2.00. The van der Waals surface area contributed by atoms with Gasteiger partial charge < -0.3 is 20.4 Å². The Labute approximate surface area is 165 Å². The van der Waals surface area contributed by atoms with Crippen molar-refractivity contribution in [1.29, 1.82) is 0 Å². The van der Waals surface area contributed by atoms with Crippen LogP contribution in [-0.2, 0) is 12.7 Å². The van der Waals surface area contributed by atoms with E-state index in [0.717, 1.165) is 18.8 Å². The second kappa shape index (κ2) is 8.50. The number of imidazole rings is 1. The Hall–Kier alpha value is -3.11. The second-order valence-electron chi connectivity index (χ2n) is 6.44. The predicted molar refractivity (Wildman–Crippen MR) is 102 cm³/mol. The summed E-state index contributed by atoms with van der Waals surface area (Å²) in [5, 5.41) is 2.81. The number of rotatable bonds is 7. The molecule has 1 aliphatic heterocycles. The van der Waals surface area contributed by atoms with Crippen LogP contribution in [0.3, 0.4) is 0 Å². The van der Waals surface area contributed by atoms with Gasteiger partial charge in [-0.1, -0.05) is 0 Å². The van der Waals surface area contributed by atoms with Crippen molar-refractivity contribution in [3.05, 3.63) is 41.9 Å². The third kappa shape index (κ3) is 4.66. The molecule has 2 aromatic rings. The van der Waals surface area contributed by atoms with E-state index in [1.807, 2.05) is 6.20 Å². The molecule has 156 valence electrons. The summed E-state index contributed by atoms with van der Waals surface area (Å²) in [5.74, 6) is 0.608. The van der Waals surface area contributed by atoms with Gasteiger partial charge in [-0.05, 0) is 20.3 Å². The topological polar surface area (TPSA) is 103 Å². The fourth-order valence-corrected chi connectivity index (χ4v) is 3.04. The van der Waals surface area contributed by atoms with Crippen LogP contribution in [0.5, 0.6) is 5.88 Å². The molecule has 0 aliphatic carbocycles. The maximum atomic E-state index is 13.1. The minimum Gasteiger partial charge on any atom is -0.477 e. The number of hydrogen-bond donors (Lipinski definition) is 2. The Bertz CT molecular complexity index is 920. The first-order chi connectivity index (χ1) is 13.8. The number of hydrogen-bond acceptors (Lipinski definition) is 7. The van der Waals surface area contributed by atoms with Gasteiger partial charge in [0.05, 0.1) is 18.0 Å². The highest BCUT2D eigenvalue weighted by Crippen LogP contribution is 2.35. The van der Waals surface area contributed by atoms with Crippen LogP contribution in [0.25, 0.3) is 0 Å². The molecule has 0 radical (unpaired) electrons. The van der Waals surface area contributed by atoms with Crippen LogP contribution in [0.1, 0.15) is 37.6 Å². The fourth-order valence-electron chi connectivity index (χ4n) is 3.04.